The van der Waals surface area contributed by atoms with Crippen LogP contribution in [0.2, 0.25) is 0 Å². The standard InChI is InChI=1S/C26H23FN2O5S2/c1-3-29-25(30)24(35-26(29)28-36(31,32)21-12-10-20(27)11-13-21)16-19-9-14-22(23(15-19)33-2)34-17-18-7-5-4-6-8-18/h4-16H,3,17H2,1-2H3/b24-16-,28-26?. The maximum absolute atomic E-state index is 13.2. The van der Waals surface area contributed by atoms with Gasteiger partial charge in [-0.2, -0.15) is 8.42 Å². The first-order chi connectivity index (χ1) is 17.3. The van der Waals surface area contributed by atoms with Crippen molar-refractivity contribution >= 4 is 38.9 Å². The summed E-state index contributed by atoms with van der Waals surface area (Å²) < 4.78 is 53.8. The summed E-state index contributed by atoms with van der Waals surface area (Å²) in [6.45, 7) is 2.33. The van der Waals surface area contributed by atoms with Crippen LogP contribution >= 0.6 is 11.8 Å². The van der Waals surface area contributed by atoms with Gasteiger partial charge in [0.25, 0.3) is 15.9 Å². The van der Waals surface area contributed by atoms with Crippen molar-refractivity contribution in [2.24, 2.45) is 4.40 Å². The second kappa shape index (κ2) is 11.0. The Morgan fingerprint density at radius 2 is 1.75 bits per heavy atom. The molecule has 0 atom stereocenters. The summed E-state index contributed by atoms with van der Waals surface area (Å²) in [6, 6.07) is 19.4. The number of amidine groups is 1. The molecule has 1 aliphatic rings. The summed E-state index contributed by atoms with van der Waals surface area (Å²) >= 11 is 0.958. The van der Waals surface area contributed by atoms with Crippen molar-refractivity contribution in [2.75, 3.05) is 13.7 Å². The minimum atomic E-state index is -4.13. The second-order valence-corrected chi connectivity index (χ2v) is 10.3. The van der Waals surface area contributed by atoms with E-state index in [1.807, 2.05) is 30.3 Å². The predicted octanol–water partition coefficient (Wildman–Crippen LogP) is 5.09. The number of ether oxygens (including phenoxy) is 2. The molecule has 3 aromatic carbocycles. The number of amides is 1. The first kappa shape index (κ1) is 25.5. The molecule has 186 valence electrons. The Morgan fingerprint density at radius 3 is 2.42 bits per heavy atom. The van der Waals surface area contributed by atoms with Crippen LogP contribution in [0.3, 0.4) is 0 Å². The van der Waals surface area contributed by atoms with E-state index in [1.54, 1.807) is 31.2 Å². The summed E-state index contributed by atoms with van der Waals surface area (Å²) in [6.07, 6.45) is 1.65. The van der Waals surface area contributed by atoms with Gasteiger partial charge >= 0.3 is 0 Å². The predicted molar refractivity (Wildman–Crippen MR) is 138 cm³/mol. The third-order valence-electron chi connectivity index (χ3n) is 5.24. The fourth-order valence-corrected chi connectivity index (χ4v) is 5.64. The molecule has 0 aromatic heterocycles. The zero-order chi connectivity index (χ0) is 25.7. The smallest absolute Gasteiger partial charge is 0.284 e. The van der Waals surface area contributed by atoms with Crippen molar-refractivity contribution in [3.8, 4) is 11.5 Å². The number of methoxy groups -OCH3 is 1. The highest BCUT2D eigenvalue weighted by Crippen LogP contribution is 2.35. The van der Waals surface area contributed by atoms with Crippen molar-refractivity contribution < 1.29 is 27.1 Å². The highest BCUT2D eigenvalue weighted by Gasteiger charge is 2.34. The Morgan fingerprint density at radius 1 is 1.03 bits per heavy atom. The highest BCUT2D eigenvalue weighted by atomic mass is 32.2. The lowest BCUT2D eigenvalue weighted by Gasteiger charge is -2.12. The van der Waals surface area contributed by atoms with Gasteiger partial charge in [0.15, 0.2) is 16.7 Å². The van der Waals surface area contributed by atoms with Crippen molar-refractivity contribution in [2.45, 2.75) is 18.4 Å². The summed E-state index contributed by atoms with van der Waals surface area (Å²) in [5.74, 6) is 0.130. The van der Waals surface area contributed by atoms with Crippen LogP contribution in [0.1, 0.15) is 18.1 Å². The van der Waals surface area contributed by atoms with Gasteiger partial charge in [0, 0.05) is 6.54 Å². The molecule has 1 amide bonds. The van der Waals surface area contributed by atoms with E-state index in [2.05, 4.69) is 4.40 Å². The minimum absolute atomic E-state index is 0.0351. The van der Waals surface area contributed by atoms with Crippen LogP contribution in [0.4, 0.5) is 4.39 Å². The molecule has 10 heteroatoms. The van der Waals surface area contributed by atoms with Gasteiger partial charge in [-0.15, -0.1) is 4.40 Å². The average molecular weight is 527 g/mol. The Balaban J connectivity index is 1.57. The molecular formula is C26H23FN2O5S2. The molecule has 0 radical (unpaired) electrons. The molecule has 3 aromatic rings. The third-order valence-corrected chi connectivity index (χ3v) is 7.64. The van der Waals surface area contributed by atoms with Crippen LogP contribution in [0.25, 0.3) is 6.08 Å². The van der Waals surface area contributed by atoms with Gasteiger partial charge in [0.05, 0.1) is 16.9 Å². The molecule has 4 rings (SSSR count). The Labute approximate surface area is 213 Å². The second-order valence-electron chi connectivity index (χ2n) is 7.65. The quantitative estimate of drug-likeness (QED) is 0.380. The van der Waals surface area contributed by atoms with E-state index in [-0.39, 0.29) is 22.5 Å². The van der Waals surface area contributed by atoms with Gasteiger partial charge in [0.1, 0.15) is 12.4 Å². The van der Waals surface area contributed by atoms with E-state index in [0.717, 1.165) is 41.6 Å². The van der Waals surface area contributed by atoms with Gasteiger partial charge in [-0.3, -0.25) is 9.69 Å². The molecule has 1 aliphatic heterocycles. The van der Waals surface area contributed by atoms with Crippen molar-refractivity contribution in [1.29, 1.82) is 0 Å². The number of nitrogens with zero attached hydrogens (tertiary/aromatic N) is 2. The zero-order valence-corrected chi connectivity index (χ0v) is 21.2. The number of thioether (sulfide) groups is 1. The summed E-state index contributed by atoms with van der Waals surface area (Å²) in [5, 5.41) is 0.0351. The van der Waals surface area contributed by atoms with Gasteiger partial charge < -0.3 is 9.47 Å². The summed E-state index contributed by atoms with van der Waals surface area (Å²) in [4.78, 5) is 14.4. The normalized spacial score (nSPS) is 16.1. The zero-order valence-electron chi connectivity index (χ0n) is 19.5. The summed E-state index contributed by atoms with van der Waals surface area (Å²) in [7, 11) is -2.60. The molecule has 1 heterocycles. The van der Waals surface area contributed by atoms with Crippen molar-refractivity contribution in [3.63, 3.8) is 0 Å². The van der Waals surface area contributed by atoms with Crippen LogP contribution in [-0.4, -0.2) is 38.0 Å². The molecule has 0 unspecified atom stereocenters. The topological polar surface area (TPSA) is 85.3 Å². The van der Waals surface area contributed by atoms with Crippen LogP contribution in [0, 0.1) is 5.82 Å². The van der Waals surface area contributed by atoms with E-state index in [1.165, 1.54) is 12.0 Å². The molecule has 0 bridgehead atoms. The average Bonchev–Trinajstić information content (AvgIpc) is 3.16. The van der Waals surface area contributed by atoms with Gasteiger partial charge in [-0.25, -0.2) is 4.39 Å². The Hall–Kier alpha value is -3.63. The van der Waals surface area contributed by atoms with Crippen LogP contribution in [-0.2, 0) is 21.4 Å². The van der Waals surface area contributed by atoms with Crippen molar-refractivity contribution in [3.05, 3.63) is 94.6 Å². The van der Waals surface area contributed by atoms with E-state index >= 15 is 0 Å². The molecule has 0 saturated carbocycles. The number of rotatable bonds is 8. The van der Waals surface area contributed by atoms with Crippen LogP contribution in [0.5, 0.6) is 11.5 Å². The maximum Gasteiger partial charge on any atom is 0.284 e. The van der Waals surface area contributed by atoms with Gasteiger partial charge in [-0.05, 0) is 72.3 Å². The molecule has 0 N–H and O–H groups in total. The molecular weight excluding hydrogens is 503 g/mol. The number of benzene rings is 3. The fraction of sp³-hybridized carbons (Fsp3) is 0.154. The number of sulfonamides is 1. The monoisotopic (exact) mass is 526 g/mol. The van der Waals surface area contributed by atoms with E-state index in [0.29, 0.717) is 28.6 Å². The van der Waals surface area contributed by atoms with E-state index in [4.69, 9.17) is 9.47 Å². The van der Waals surface area contributed by atoms with Gasteiger partial charge in [-0.1, -0.05) is 36.4 Å². The molecule has 1 fully saturated rings. The lowest BCUT2D eigenvalue weighted by Crippen LogP contribution is -2.29. The number of carbonyl (C=O) groups excluding carboxylic acids is 1. The number of likely N-dealkylation sites (N-methyl/N-ethyl adjacent to an activating group) is 1. The minimum Gasteiger partial charge on any atom is -0.493 e. The maximum atomic E-state index is 13.2. The van der Waals surface area contributed by atoms with Crippen LogP contribution < -0.4 is 9.47 Å². The number of hydrogen-bond donors (Lipinski definition) is 0. The molecule has 0 spiro atoms. The molecule has 1 saturated heterocycles. The lowest BCUT2D eigenvalue weighted by atomic mass is 10.1. The Bertz CT molecular complexity index is 1420. The SMILES string of the molecule is CCN1C(=O)/C(=C/c2ccc(OCc3ccccc3)c(OC)c2)SC1=NS(=O)(=O)c1ccc(F)cc1. The summed E-state index contributed by atoms with van der Waals surface area (Å²) in [5.41, 5.74) is 1.69. The molecule has 0 aliphatic carbocycles. The highest BCUT2D eigenvalue weighted by molar-refractivity contribution is 8.19. The van der Waals surface area contributed by atoms with Crippen molar-refractivity contribution in [1.82, 2.24) is 4.90 Å². The lowest BCUT2D eigenvalue weighted by molar-refractivity contribution is -0.122. The first-order valence-electron chi connectivity index (χ1n) is 11.0. The van der Waals surface area contributed by atoms with E-state index < -0.39 is 15.8 Å². The third kappa shape index (κ3) is 5.77. The number of halogens is 1. The Kier molecular flexibility index (Phi) is 7.76. The number of hydrogen-bond acceptors (Lipinski definition) is 6. The van der Waals surface area contributed by atoms with E-state index in [9.17, 15) is 17.6 Å². The van der Waals surface area contributed by atoms with Crippen LogP contribution in [0.15, 0.2) is 87.0 Å². The molecule has 36 heavy (non-hydrogen) atoms. The molecule has 7 nitrogen and oxygen atoms in total. The number of carbonyl (C=O) groups is 1. The fourth-order valence-electron chi connectivity index (χ4n) is 3.40. The van der Waals surface area contributed by atoms with Gasteiger partial charge in [0.2, 0.25) is 0 Å². The largest absolute Gasteiger partial charge is 0.493 e. The first-order valence-corrected chi connectivity index (χ1v) is 13.2.